The van der Waals surface area contributed by atoms with Crippen molar-refractivity contribution >= 4 is 11.8 Å². The number of nitrogens with zero attached hydrogens (tertiary/aromatic N) is 1. The zero-order valence-electron chi connectivity index (χ0n) is 9.90. The van der Waals surface area contributed by atoms with Crippen molar-refractivity contribution in [1.82, 2.24) is 4.90 Å². The van der Waals surface area contributed by atoms with Crippen LogP contribution < -0.4 is 5.32 Å². The summed E-state index contributed by atoms with van der Waals surface area (Å²) in [6.07, 6.45) is 1.62. The van der Waals surface area contributed by atoms with E-state index in [0.717, 1.165) is 37.2 Å². The number of hydrogen-bond acceptors (Lipinski definition) is 3. The molecule has 4 nitrogen and oxygen atoms in total. The number of carbonyl (C=O) groups is 1. The highest BCUT2D eigenvalue weighted by atomic mass is 16.6. The van der Waals surface area contributed by atoms with Crippen LogP contribution >= 0.6 is 0 Å². The summed E-state index contributed by atoms with van der Waals surface area (Å²) in [5.74, 6) is 0. The molecule has 1 saturated heterocycles. The molecule has 1 aromatic rings. The standard InChI is InChI=1S/C13H16N2O2/c1-15-8-4-7-13(9-15)10-5-2-3-6-11(10)14-12(16)17-13/h2-3,5-6H,4,7-9H2,1H3,(H,14,16). The molecule has 4 heteroatoms. The van der Waals surface area contributed by atoms with Crippen LogP contribution in [0.1, 0.15) is 18.4 Å². The highest BCUT2D eigenvalue weighted by Crippen LogP contribution is 2.41. The molecule has 2 heterocycles. The number of para-hydroxylation sites is 1. The summed E-state index contributed by atoms with van der Waals surface area (Å²) in [5, 5.41) is 2.77. The Kier molecular flexibility index (Phi) is 2.33. The van der Waals surface area contributed by atoms with Gasteiger partial charge in [-0.2, -0.15) is 0 Å². The summed E-state index contributed by atoms with van der Waals surface area (Å²) in [6.45, 7) is 1.84. The summed E-state index contributed by atoms with van der Waals surface area (Å²) in [5.41, 5.74) is 1.54. The molecular weight excluding hydrogens is 216 g/mol. The fourth-order valence-corrected chi connectivity index (χ4v) is 2.89. The minimum absolute atomic E-state index is 0.334. The first-order valence-corrected chi connectivity index (χ1v) is 5.98. The Morgan fingerprint density at radius 1 is 1.41 bits per heavy atom. The minimum atomic E-state index is -0.452. The van der Waals surface area contributed by atoms with Gasteiger partial charge in [0.25, 0.3) is 0 Å². The van der Waals surface area contributed by atoms with Crippen LogP contribution in [-0.2, 0) is 10.3 Å². The lowest BCUT2D eigenvalue weighted by Crippen LogP contribution is -2.50. The van der Waals surface area contributed by atoms with Gasteiger partial charge in [0.1, 0.15) is 0 Å². The van der Waals surface area contributed by atoms with Gasteiger partial charge in [0.15, 0.2) is 5.60 Å². The molecule has 1 aromatic carbocycles. The van der Waals surface area contributed by atoms with Gasteiger partial charge < -0.3 is 9.64 Å². The number of piperidine rings is 1. The number of hydrogen-bond donors (Lipinski definition) is 1. The first kappa shape index (κ1) is 10.6. The van der Waals surface area contributed by atoms with Crippen molar-refractivity contribution in [2.24, 2.45) is 0 Å². The van der Waals surface area contributed by atoms with Crippen LogP contribution in [0.4, 0.5) is 10.5 Å². The molecule has 1 unspecified atom stereocenters. The van der Waals surface area contributed by atoms with E-state index in [1.807, 2.05) is 24.3 Å². The number of anilines is 1. The largest absolute Gasteiger partial charge is 0.436 e. The van der Waals surface area contributed by atoms with Gasteiger partial charge in [-0.05, 0) is 32.5 Å². The zero-order chi connectivity index (χ0) is 11.9. The number of fused-ring (bicyclic) bond motifs is 2. The maximum atomic E-state index is 11.7. The summed E-state index contributed by atoms with van der Waals surface area (Å²) in [7, 11) is 2.07. The third-order valence-electron chi connectivity index (χ3n) is 3.59. The average Bonchev–Trinajstić information content (AvgIpc) is 2.28. The molecule has 1 amide bonds. The Hall–Kier alpha value is -1.55. The van der Waals surface area contributed by atoms with Crippen molar-refractivity contribution in [3.8, 4) is 0 Å². The SMILES string of the molecule is CN1CCCC2(C1)OC(=O)Nc1ccccc12. The van der Waals surface area contributed by atoms with Gasteiger partial charge in [-0.25, -0.2) is 4.79 Å². The lowest BCUT2D eigenvalue weighted by Gasteiger charge is -2.44. The van der Waals surface area contributed by atoms with Gasteiger partial charge in [-0.3, -0.25) is 5.32 Å². The van der Waals surface area contributed by atoms with Crippen LogP contribution in [0, 0.1) is 0 Å². The molecule has 0 radical (unpaired) electrons. The lowest BCUT2D eigenvalue weighted by atomic mass is 9.84. The maximum Gasteiger partial charge on any atom is 0.412 e. The van der Waals surface area contributed by atoms with E-state index in [-0.39, 0.29) is 6.09 Å². The average molecular weight is 232 g/mol. The first-order chi connectivity index (χ1) is 8.20. The highest BCUT2D eigenvalue weighted by Gasteiger charge is 2.44. The van der Waals surface area contributed by atoms with Gasteiger partial charge in [0, 0.05) is 12.1 Å². The molecular formula is C13H16N2O2. The van der Waals surface area contributed by atoms with E-state index in [2.05, 4.69) is 17.3 Å². The molecule has 17 heavy (non-hydrogen) atoms. The fourth-order valence-electron chi connectivity index (χ4n) is 2.89. The second-order valence-electron chi connectivity index (χ2n) is 4.90. The van der Waals surface area contributed by atoms with Crippen LogP contribution in [0.2, 0.25) is 0 Å². The second kappa shape index (κ2) is 3.74. The quantitative estimate of drug-likeness (QED) is 0.745. The Balaban J connectivity index is 2.07. The Morgan fingerprint density at radius 2 is 2.24 bits per heavy atom. The predicted molar refractivity (Wildman–Crippen MR) is 65.0 cm³/mol. The first-order valence-electron chi connectivity index (χ1n) is 5.98. The number of nitrogens with one attached hydrogen (secondary N) is 1. The van der Waals surface area contributed by atoms with Gasteiger partial charge in [0.05, 0.1) is 5.69 Å². The molecule has 0 saturated carbocycles. The number of ether oxygens (including phenoxy) is 1. The topological polar surface area (TPSA) is 41.6 Å². The Bertz CT molecular complexity index is 460. The molecule has 1 fully saturated rings. The predicted octanol–water partition coefficient (Wildman–Crippen LogP) is 2.17. The number of carbonyl (C=O) groups excluding carboxylic acids is 1. The van der Waals surface area contributed by atoms with Crippen LogP contribution in [0.3, 0.4) is 0 Å². The molecule has 2 aliphatic rings. The molecule has 1 N–H and O–H groups in total. The van der Waals surface area contributed by atoms with E-state index in [9.17, 15) is 4.79 Å². The van der Waals surface area contributed by atoms with E-state index in [1.165, 1.54) is 0 Å². The number of amides is 1. The molecule has 0 aliphatic carbocycles. The second-order valence-corrected chi connectivity index (χ2v) is 4.90. The van der Waals surface area contributed by atoms with Crippen LogP contribution in [-0.4, -0.2) is 31.1 Å². The van der Waals surface area contributed by atoms with Crippen molar-refractivity contribution in [1.29, 1.82) is 0 Å². The van der Waals surface area contributed by atoms with Crippen LogP contribution in [0.25, 0.3) is 0 Å². The van der Waals surface area contributed by atoms with Gasteiger partial charge in [0.2, 0.25) is 0 Å². The van der Waals surface area contributed by atoms with Crippen LogP contribution in [0.15, 0.2) is 24.3 Å². The maximum absolute atomic E-state index is 11.7. The summed E-state index contributed by atoms with van der Waals surface area (Å²) >= 11 is 0. The van der Waals surface area contributed by atoms with Crippen molar-refractivity contribution in [2.45, 2.75) is 18.4 Å². The highest BCUT2D eigenvalue weighted by molar-refractivity contribution is 5.88. The molecule has 1 spiro atoms. The van der Waals surface area contributed by atoms with E-state index in [1.54, 1.807) is 0 Å². The van der Waals surface area contributed by atoms with Gasteiger partial charge in [-0.15, -0.1) is 0 Å². The molecule has 1 atom stereocenters. The monoisotopic (exact) mass is 232 g/mol. The third-order valence-corrected chi connectivity index (χ3v) is 3.59. The van der Waals surface area contributed by atoms with Crippen molar-refractivity contribution < 1.29 is 9.53 Å². The van der Waals surface area contributed by atoms with Crippen molar-refractivity contribution in [3.63, 3.8) is 0 Å². The third kappa shape index (κ3) is 1.69. The zero-order valence-corrected chi connectivity index (χ0v) is 9.90. The number of likely N-dealkylation sites (tertiary alicyclic amines) is 1. The number of rotatable bonds is 0. The van der Waals surface area contributed by atoms with Crippen molar-refractivity contribution in [2.75, 3.05) is 25.5 Å². The van der Waals surface area contributed by atoms with Gasteiger partial charge >= 0.3 is 6.09 Å². The molecule has 2 aliphatic heterocycles. The number of likely N-dealkylation sites (N-methyl/N-ethyl adjacent to an activating group) is 1. The molecule has 0 aromatic heterocycles. The smallest absolute Gasteiger partial charge is 0.412 e. The molecule has 3 rings (SSSR count). The van der Waals surface area contributed by atoms with E-state index >= 15 is 0 Å². The summed E-state index contributed by atoms with van der Waals surface area (Å²) < 4.78 is 5.62. The minimum Gasteiger partial charge on any atom is -0.436 e. The van der Waals surface area contributed by atoms with E-state index < -0.39 is 5.60 Å². The van der Waals surface area contributed by atoms with E-state index in [0.29, 0.717) is 0 Å². The summed E-state index contributed by atoms with van der Waals surface area (Å²) in [4.78, 5) is 13.9. The van der Waals surface area contributed by atoms with E-state index in [4.69, 9.17) is 4.74 Å². The van der Waals surface area contributed by atoms with Gasteiger partial charge in [-0.1, -0.05) is 18.2 Å². The van der Waals surface area contributed by atoms with Crippen molar-refractivity contribution in [3.05, 3.63) is 29.8 Å². The molecule has 0 bridgehead atoms. The molecule has 90 valence electrons. The van der Waals surface area contributed by atoms with Crippen LogP contribution in [0.5, 0.6) is 0 Å². The normalized spacial score (nSPS) is 28.4. The number of benzene rings is 1. The Morgan fingerprint density at radius 3 is 3.06 bits per heavy atom. The summed E-state index contributed by atoms with van der Waals surface area (Å²) in [6, 6.07) is 7.92. The Labute approximate surface area is 101 Å². The lowest BCUT2D eigenvalue weighted by molar-refractivity contribution is -0.0395. The fraction of sp³-hybridized carbons (Fsp3) is 0.462.